The highest BCUT2D eigenvalue weighted by atomic mass is 19.1. The van der Waals surface area contributed by atoms with Gasteiger partial charge >= 0.3 is 5.97 Å². The first kappa shape index (κ1) is 18.6. The molecule has 0 radical (unpaired) electrons. The summed E-state index contributed by atoms with van der Waals surface area (Å²) in [5, 5.41) is 2.90. The number of halogens is 1. The van der Waals surface area contributed by atoms with Gasteiger partial charge in [-0.2, -0.15) is 0 Å². The van der Waals surface area contributed by atoms with Gasteiger partial charge in [0.2, 0.25) is 0 Å². The molecule has 1 aliphatic rings. The summed E-state index contributed by atoms with van der Waals surface area (Å²) >= 11 is 0. The standard InChI is InChI=1S/C20H19FN2O4/c1-20(2,19(26)27-3)22-13-9-8-12(16(21)10-13)11-23-17(24)14-6-4-5-7-15(14)18(23)25/h4-10,22H,11H2,1-3H3. The first-order valence-corrected chi connectivity index (χ1v) is 8.35. The van der Waals surface area contributed by atoms with Crippen LogP contribution >= 0.6 is 0 Å². The number of carbonyl (C=O) groups excluding carboxylic acids is 3. The predicted octanol–water partition coefficient (Wildman–Crippen LogP) is 2.99. The molecule has 1 aliphatic heterocycles. The van der Waals surface area contributed by atoms with Crippen molar-refractivity contribution in [2.24, 2.45) is 0 Å². The fourth-order valence-electron chi connectivity index (χ4n) is 2.97. The molecule has 0 aromatic heterocycles. The average Bonchev–Trinajstić information content (AvgIpc) is 2.88. The number of methoxy groups -OCH3 is 1. The molecule has 2 aromatic rings. The molecule has 0 saturated carbocycles. The molecule has 1 N–H and O–H groups in total. The van der Waals surface area contributed by atoms with Gasteiger partial charge in [-0.05, 0) is 38.1 Å². The number of imide groups is 1. The minimum absolute atomic E-state index is 0.168. The minimum atomic E-state index is -1.04. The van der Waals surface area contributed by atoms with Gasteiger partial charge in [0.1, 0.15) is 11.4 Å². The van der Waals surface area contributed by atoms with Crippen molar-refractivity contribution in [1.29, 1.82) is 0 Å². The van der Waals surface area contributed by atoms with Crippen molar-refractivity contribution in [3.05, 3.63) is 65.0 Å². The maximum Gasteiger partial charge on any atom is 0.330 e. The summed E-state index contributed by atoms with van der Waals surface area (Å²) in [6.07, 6.45) is 0. The number of anilines is 1. The molecular weight excluding hydrogens is 351 g/mol. The third kappa shape index (κ3) is 3.40. The molecular formula is C20H19FN2O4. The molecule has 140 valence electrons. The van der Waals surface area contributed by atoms with Gasteiger partial charge in [0, 0.05) is 11.3 Å². The Morgan fingerprint density at radius 1 is 1.11 bits per heavy atom. The summed E-state index contributed by atoms with van der Waals surface area (Å²) in [5.74, 6) is -1.96. The van der Waals surface area contributed by atoms with Crippen LogP contribution in [0.5, 0.6) is 0 Å². The molecule has 2 aromatic carbocycles. The number of hydrogen-bond donors (Lipinski definition) is 1. The molecule has 0 atom stereocenters. The lowest BCUT2D eigenvalue weighted by Gasteiger charge is -2.24. The summed E-state index contributed by atoms with van der Waals surface area (Å²) < 4.78 is 19.2. The van der Waals surface area contributed by atoms with Gasteiger partial charge in [-0.15, -0.1) is 0 Å². The van der Waals surface area contributed by atoms with E-state index in [4.69, 9.17) is 4.74 Å². The first-order valence-electron chi connectivity index (χ1n) is 8.35. The molecule has 2 amide bonds. The molecule has 0 saturated heterocycles. The van der Waals surface area contributed by atoms with Gasteiger partial charge in [-0.3, -0.25) is 14.5 Å². The monoisotopic (exact) mass is 370 g/mol. The fraction of sp³-hybridized carbons (Fsp3) is 0.250. The van der Waals surface area contributed by atoms with Crippen LogP contribution in [0.25, 0.3) is 0 Å². The molecule has 0 aliphatic carbocycles. The van der Waals surface area contributed by atoms with E-state index in [2.05, 4.69) is 5.32 Å². The molecule has 1 heterocycles. The number of nitrogens with zero attached hydrogens (tertiary/aromatic N) is 1. The van der Waals surface area contributed by atoms with E-state index in [1.165, 1.54) is 19.2 Å². The Morgan fingerprint density at radius 3 is 2.22 bits per heavy atom. The highest BCUT2D eigenvalue weighted by Crippen LogP contribution is 2.26. The van der Waals surface area contributed by atoms with E-state index < -0.39 is 29.1 Å². The van der Waals surface area contributed by atoms with Crippen molar-refractivity contribution in [2.45, 2.75) is 25.9 Å². The number of carbonyl (C=O) groups is 3. The number of esters is 1. The number of nitrogens with one attached hydrogen (secondary N) is 1. The third-order valence-corrected chi connectivity index (χ3v) is 4.41. The number of amides is 2. The van der Waals surface area contributed by atoms with Gasteiger partial charge in [0.05, 0.1) is 24.8 Å². The fourth-order valence-corrected chi connectivity index (χ4v) is 2.97. The highest BCUT2D eigenvalue weighted by Gasteiger charge is 2.35. The minimum Gasteiger partial charge on any atom is -0.467 e. The van der Waals surface area contributed by atoms with Crippen LogP contribution in [0.2, 0.25) is 0 Å². The quantitative estimate of drug-likeness (QED) is 0.647. The van der Waals surface area contributed by atoms with Gasteiger partial charge in [-0.25, -0.2) is 9.18 Å². The summed E-state index contributed by atoms with van der Waals surface area (Å²) in [7, 11) is 1.28. The first-order chi connectivity index (χ1) is 12.7. The van der Waals surface area contributed by atoms with Crippen LogP contribution in [0.1, 0.15) is 40.1 Å². The van der Waals surface area contributed by atoms with E-state index >= 15 is 0 Å². The van der Waals surface area contributed by atoms with E-state index in [-0.39, 0.29) is 12.1 Å². The normalized spacial score (nSPS) is 13.6. The molecule has 7 heteroatoms. The van der Waals surface area contributed by atoms with Crippen LogP contribution in [0.3, 0.4) is 0 Å². The van der Waals surface area contributed by atoms with E-state index in [1.54, 1.807) is 44.2 Å². The van der Waals surface area contributed by atoms with Crippen LogP contribution in [-0.2, 0) is 16.1 Å². The Bertz CT molecular complexity index is 904. The zero-order chi connectivity index (χ0) is 19.8. The van der Waals surface area contributed by atoms with E-state index in [0.29, 0.717) is 16.8 Å². The maximum absolute atomic E-state index is 14.5. The van der Waals surface area contributed by atoms with E-state index in [9.17, 15) is 18.8 Å². The van der Waals surface area contributed by atoms with Gasteiger partial charge < -0.3 is 10.1 Å². The Morgan fingerprint density at radius 2 is 1.70 bits per heavy atom. The van der Waals surface area contributed by atoms with Gasteiger partial charge in [0.25, 0.3) is 11.8 Å². The number of ether oxygens (including phenoxy) is 1. The van der Waals surface area contributed by atoms with Gasteiger partial charge in [-0.1, -0.05) is 18.2 Å². The number of rotatable bonds is 5. The van der Waals surface area contributed by atoms with Crippen molar-refractivity contribution >= 4 is 23.5 Å². The molecule has 0 fully saturated rings. The van der Waals surface area contributed by atoms with Crippen molar-refractivity contribution in [3.8, 4) is 0 Å². The molecule has 0 spiro atoms. The van der Waals surface area contributed by atoms with Gasteiger partial charge in [0.15, 0.2) is 0 Å². The second kappa shape index (κ2) is 6.83. The summed E-state index contributed by atoms with van der Waals surface area (Å²) in [6, 6.07) is 10.8. The third-order valence-electron chi connectivity index (χ3n) is 4.41. The second-order valence-electron chi connectivity index (χ2n) is 6.79. The second-order valence-corrected chi connectivity index (χ2v) is 6.79. The van der Waals surface area contributed by atoms with E-state index in [0.717, 1.165) is 4.90 Å². The van der Waals surface area contributed by atoms with Crippen molar-refractivity contribution in [3.63, 3.8) is 0 Å². The summed E-state index contributed by atoms with van der Waals surface area (Å²) in [4.78, 5) is 37.6. The van der Waals surface area contributed by atoms with Crippen molar-refractivity contribution in [2.75, 3.05) is 12.4 Å². The average molecular weight is 370 g/mol. The lowest BCUT2D eigenvalue weighted by atomic mass is 10.0. The Labute approximate surface area is 155 Å². The van der Waals surface area contributed by atoms with Crippen LogP contribution in [-0.4, -0.2) is 35.3 Å². The zero-order valence-corrected chi connectivity index (χ0v) is 15.2. The topological polar surface area (TPSA) is 75.7 Å². The van der Waals surface area contributed by atoms with Crippen molar-refractivity contribution in [1.82, 2.24) is 4.90 Å². The Balaban J connectivity index is 1.79. The number of hydrogen-bond acceptors (Lipinski definition) is 5. The summed E-state index contributed by atoms with van der Waals surface area (Å²) in [5.41, 5.74) is 0.188. The number of benzene rings is 2. The summed E-state index contributed by atoms with van der Waals surface area (Å²) in [6.45, 7) is 3.06. The molecule has 0 bridgehead atoms. The zero-order valence-electron chi connectivity index (χ0n) is 15.2. The SMILES string of the molecule is COC(=O)C(C)(C)Nc1ccc(CN2C(=O)c3ccccc3C2=O)c(F)c1. The Kier molecular flexibility index (Phi) is 4.70. The Hall–Kier alpha value is -3.22. The van der Waals surface area contributed by atoms with E-state index in [1.807, 2.05) is 0 Å². The highest BCUT2D eigenvalue weighted by molar-refractivity contribution is 6.21. The molecule has 6 nitrogen and oxygen atoms in total. The van der Waals surface area contributed by atoms with Crippen LogP contribution in [0.15, 0.2) is 42.5 Å². The van der Waals surface area contributed by atoms with Crippen LogP contribution in [0, 0.1) is 5.82 Å². The smallest absolute Gasteiger partial charge is 0.330 e. The van der Waals surface area contributed by atoms with Crippen molar-refractivity contribution < 1.29 is 23.5 Å². The van der Waals surface area contributed by atoms with Crippen LogP contribution in [0.4, 0.5) is 10.1 Å². The largest absolute Gasteiger partial charge is 0.467 e. The van der Waals surface area contributed by atoms with Crippen LogP contribution < -0.4 is 5.32 Å². The lowest BCUT2D eigenvalue weighted by Crippen LogP contribution is -2.41. The molecule has 3 rings (SSSR count). The molecule has 0 unspecified atom stereocenters. The maximum atomic E-state index is 14.5. The number of fused-ring (bicyclic) bond motifs is 1. The predicted molar refractivity (Wildman–Crippen MR) is 96.8 cm³/mol. The lowest BCUT2D eigenvalue weighted by molar-refractivity contribution is -0.144. The molecule has 27 heavy (non-hydrogen) atoms.